The van der Waals surface area contributed by atoms with Gasteiger partial charge in [-0.15, -0.1) is 0 Å². The Morgan fingerprint density at radius 3 is 2.75 bits per heavy atom. The highest BCUT2D eigenvalue weighted by atomic mass is 35.5. The number of oxazole rings is 1. The lowest BCUT2D eigenvalue weighted by molar-refractivity contribution is 0.0949. The SMILES string of the molecule is O=C(NCCCc1ccccc1)c1ncoc1-c1cccc(Cl)c1. The number of nitrogens with one attached hydrogen (secondary N) is 1. The Labute approximate surface area is 145 Å². The second-order valence-electron chi connectivity index (χ2n) is 5.39. The minimum absolute atomic E-state index is 0.244. The van der Waals surface area contributed by atoms with Crippen molar-refractivity contribution < 1.29 is 9.21 Å². The molecular formula is C19H17ClN2O2. The molecule has 0 unspecified atom stereocenters. The van der Waals surface area contributed by atoms with E-state index in [1.165, 1.54) is 12.0 Å². The molecule has 2 aromatic carbocycles. The second-order valence-corrected chi connectivity index (χ2v) is 5.82. The van der Waals surface area contributed by atoms with Gasteiger partial charge in [0.05, 0.1) is 0 Å². The molecule has 0 fully saturated rings. The van der Waals surface area contributed by atoms with Gasteiger partial charge < -0.3 is 9.73 Å². The van der Waals surface area contributed by atoms with Gasteiger partial charge in [-0.1, -0.05) is 54.1 Å². The Hall–Kier alpha value is -2.59. The third-order valence-electron chi connectivity index (χ3n) is 3.64. The van der Waals surface area contributed by atoms with Crippen LogP contribution in [0.5, 0.6) is 0 Å². The standard InChI is InChI=1S/C19H17ClN2O2/c20-16-10-4-9-15(12-16)18-17(22-13-24-18)19(23)21-11-5-8-14-6-2-1-3-7-14/h1-4,6-7,9-10,12-13H,5,8,11H2,(H,21,23). The van der Waals surface area contributed by atoms with Crippen molar-refractivity contribution in [1.82, 2.24) is 10.3 Å². The Morgan fingerprint density at radius 2 is 1.96 bits per heavy atom. The number of amides is 1. The molecule has 1 N–H and O–H groups in total. The van der Waals surface area contributed by atoms with E-state index < -0.39 is 0 Å². The van der Waals surface area contributed by atoms with Gasteiger partial charge in [0, 0.05) is 17.1 Å². The first-order valence-corrected chi connectivity index (χ1v) is 8.13. The summed E-state index contributed by atoms with van der Waals surface area (Å²) in [6.07, 6.45) is 3.05. The molecule has 3 rings (SSSR count). The largest absolute Gasteiger partial charge is 0.443 e. The Bertz CT molecular complexity index is 815. The highest BCUT2D eigenvalue weighted by molar-refractivity contribution is 6.30. The van der Waals surface area contributed by atoms with Gasteiger partial charge in [0.2, 0.25) is 0 Å². The van der Waals surface area contributed by atoms with Gasteiger partial charge in [-0.25, -0.2) is 4.98 Å². The maximum atomic E-state index is 12.3. The molecule has 0 radical (unpaired) electrons. The fourth-order valence-electron chi connectivity index (χ4n) is 2.47. The molecule has 0 saturated heterocycles. The van der Waals surface area contributed by atoms with Crippen molar-refractivity contribution in [3.8, 4) is 11.3 Å². The highest BCUT2D eigenvalue weighted by Crippen LogP contribution is 2.25. The first kappa shape index (κ1) is 16.3. The van der Waals surface area contributed by atoms with Crippen LogP contribution in [-0.2, 0) is 6.42 Å². The lowest BCUT2D eigenvalue weighted by Gasteiger charge is -2.05. The number of hydrogen-bond donors (Lipinski definition) is 1. The molecule has 1 amide bonds. The van der Waals surface area contributed by atoms with Gasteiger partial charge in [0.25, 0.3) is 5.91 Å². The van der Waals surface area contributed by atoms with Crippen LogP contribution in [0.1, 0.15) is 22.5 Å². The van der Waals surface area contributed by atoms with Crippen LogP contribution in [0, 0.1) is 0 Å². The molecule has 0 bridgehead atoms. The predicted octanol–water partition coefficient (Wildman–Crippen LogP) is 4.36. The van der Waals surface area contributed by atoms with Crippen molar-refractivity contribution in [1.29, 1.82) is 0 Å². The molecular weight excluding hydrogens is 324 g/mol. The fourth-order valence-corrected chi connectivity index (χ4v) is 2.66. The molecule has 0 spiro atoms. The van der Waals surface area contributed by atoms with E-state index in [0.717, 1.165) is 18.4 Å². The molecule has 24 heavy (non-hydrogen) atoms. The summed E-state index contributed by atoms with van der Waals surface area (Å²) in [5.41, 5.74) is 2.26. The third-order valence-corrected chi connectivity index (χ3v) is 3.88. The van der Waals surface area contributed by atoms with Gasteiger partial charge in [-0.3, -0.25) is 4.79 Å². The zero-order valence-corrected chi connectivity index (χ0v) is 13.8. The first-order valence-electron chi connectivity index (χ1n) is 7.75. The summed E-state index contributed by atoms with van der Waals surface area (Å²) in [7, 11) is 0. The summed E-state index contributed by atoms with van der Waals surface area (Å²) in [6.45, 7) is 0.579. The zero-order chi connectivity index (χ0) is 16.8. The Kier molecular flexibility index (Phi) is 5.29. The smallest absolute Gasteiger partial charge is 0.273 e. The Balaban J connectivity index is 1.59. The summed E-state index contributed by atoms with van der Waals surface area (Å²) in [6, 6.07) is 17.3. The van der Waals surface area contributed by atoms with E-state index in [-0.39, 0.29) is 11.6 Å². The van der Waals surface area contributed by atoms with Crippen LogP contribution in [-0.4, -0.2) is 17.4 Å². The summed E-state index contributed by atoms with van der Waals surface area (Å²) in [5.74, 6) is 0.185. The van der Waals surface area contributed by atoms with Crippen LogP contribution >= 0.6 is 11.6 Å². The molecule has 0 aliphatic heterocycles. The Morgan fingerprint density at radius 1 is 1.12 bits per heavy atom. The van der Waals surface area contributed by atoms with Crippen LogP contribution in [0.25, 0.3) is 11.3 Å². The molecule has 0 atom stereocenters. The number of rotatable bonds is 6. The van der Waals surface area contributed by atoms with Crippen molar-refractivity contribution in [2.45, 2.75) is 12.8 Å². The van der Waals surface area contributed by atoms with E-state index in [1.807, 2.05) is 30.3 Å². The lowest BCUT2D eigenvalue weighted by atomic mass is 10.1. The monoisotopic (exact) mass is 340 g/mol. The number of hydrogen-bond acceptors (Lipinski definition) is 3. The summed E-state index contributed by atoms with van der Waals surface area (Å²) >= 11 is 5.99. The van der Waals surface area contributed by atoms with Crippen LogP contribution in [0.2, 0.25) is 5.02 Å². The minimum Gasteiger partial charge on any atom is -0.443 e. The zero-order valence-electron chi connectivity index (χ0n) is 13.0. The van der Waals surface area contributed by atoms with E-state index in [0.29, 0.717) is 17.3 Å². The number of aromatic nitrogens is 1. The molecule has 122 valence electrons. The van der Waals surface area contributed by atoms with E-state index in [1.54, 1.807) is 12.1 Å². The maximum absolute atomic E-state index is 12.3. The highest BCUT2D eigenvalue weighted by Gasteiger charge is 2.18. The predicted molar refractivity (Wildman–Crippen MR) is 94.0 cm³/mol. The van der Waals surface area contributed by atoms with Crippen molar-refractivity contribution in [2.75, 3.05) is 6.54 Å². The fraction of sp³-hybridized carbons (Fsp3) is 0.158. The van der Waals surface area contributed by atoms with Gasteiger partial charge in [0.15, 0.2) is 17.8 Å². The van der Waals surface area contributed by atoms with Gasteiger partial charge in [-0.2, -0.15) is 0 Å². The molecule has 0 aliphatic carbocycles. The second kappa shape index (κ2) is 7.79. The van der Waals surface area contributed by atoms with Crippen LogP contribution in [0.4, 0.5) is 0 Å². The molecule has 4 nitrogen and oxygen atoms in total. The third kappa shape index (κ3) is 4.03. The normalized spacial score (nSPS) is 10.5. The topological polar surface area (TPSA) is 55.1 Å². The quantitative estimate of drug-likeness (QED) is 0.678. The number of carbonyl (C=O) groups excluding carboxylic acids is 1. The molecule has 5 heteroatoms. The van der Waals surface area contributed by atoms with E-state index in [2.05, 4.69) is 22.4 Å². The van der Waals surface area contributed by atoms with Crippen LogP contribution in [0.3, 0.4) is 0 Å². The average molecular weight is 341 g/mol. The van der Waals surface area contributed by atoms with Crippen molar-refractivity contribution in [2.24, 2.45) is 0 Å². The number of aryl methyl sites for hydroxylation is 1. The number of nitrogens with zero attached hydrogens (tertiary/aromatic N) is 1. The van der Waals surface area contributed by atoms with Gasteiger partial charge in [0.1, 0.15) is 0 Å². The van der Waals surface area contributed by atoms with E-state index >= 15 is 0 Å². The number of benzene rings is 2. The van der Waals surface area contributed by atoms with Gasteiger partial charge in [-0.05, 0) is 30.5 Å². The molecule has 0 aliphatic rings. The molecule has 0 saturated carbocycles. The van der Waals surface area contributed by atoms with Crippen LogP contribution < -0.4 is 5.32 Å². The average Bonchev–Trinajstić information content (AvgIpc) is 3.09. The van der Waals surface area contributed by atoms with Crippen molar-refractivity contribution in [3.63, 3.8) is 0 Å². The maximum Gasteiger partial charge on any atom is 0.273 e. The van der Waals surface area contributed by atoms with Gasteiger partial charge >= 0.3 is 0 Å². The first-order chi connectivity index (χ1) is 11.7. The van der Waals surface area contributed by atoms with E-state index in [4.69, 9.17) is 16.0 Å². The van der Waals surface area contributed by atoms with E-state index in [9.17, 15) is 4.79 Å². The number of halogens is 1. The summed E-state index contributed by atoms with van der Waals surface area (Å²) in [4.78, 5) is 16.4. The number of carbonyl (C=O) groups is 1. The molecule has 1 aromatic heterocycles. The summed E-state index contributed by atoms with van der Waals surface area (Å²) in [5, 5.41) is 3.47. The lowest BCUT2D eigenvalue weighted by Crippen LogP contribution is -2.25. The molecule has 3 aromatic rings. The van der Waals surface area contributed by atoms with Crippen LogP contribution in [0.15, 0.2) is 65.4 Å². The summed E-state index contributed by atoms with van der Waals surface area (Å²) < 4.78 is 5.37. The van der Waals surface area contributed by atoms with Crippen molar-refractivity contribution >= 4 is 17.5 Å². The van der Waals surface area contributed by atoms with Crippen molar-refractivity contribution in [3.05, 3.63) is 77.3 Å². The minimum atomic E-state index is -0.244. The molecule has 1 heterocycles.